The highest BCUT2D eigenvalue weighted by molar-refractivity contribution is 5.76. The van der Waals surface area contributed by atoms with Crippen molar-refractivity contribution < 1.29 is 89.4 Å². The lowest BCUT2D eigenvalue weighted by atomic mass is 9.96. The largest absolute Gasteiger partial charge is 0.394 e. The van der Waals surface area contributed by atoms with Crippen molar-refractivity contribution in [2.45, 2.75) is 259 Å². The van der Waals surface area contributed by atoms with Crippen LogP contribution in [0.15, 0.2) is 182 Å². The quantitative estimate of drug-likeness (QED) is 0.0199. The van der Waals surface area contributed by atoms with Gasteiger partial charge in [-0.25, -0.2) is 0 Å². The number of aliphatic hydroxyl groups is 11. The first-order chi connectivity index (χ1) is 46.3. The van der Waals surface area contributed by atoms with Crippen molar-refractivity contribution in [2.24, 2.45) is 0 Å². The van der Waals surface area contributed by atoms with Crippen LogP contribution >= 0.6 is 0 Å². The van der Waals surface area contributed by atoms with Gasteiger partial charge < -0.3 is 89.9 Å². The van der Waals surface area contributed by atoms with Crippen molar-refractivity contribution in [3.05, 3.63) is 182 Å². The van der Waals surface area contributed by atoms with Gasteiger partial charge in [-0.1, -0.05) is 203 Å². The molecule has 0 bridgehead atoms. The van der Waals surface area contributed by atoms with Gasteiger partial charge in [-0.05, 0) is 128 Å². The van der Waals surface area contributed by atoms with Gasteiger partial charge in [0.2, 0.25) is 5.91 Å². The lowest BCUT2D eigenvalue weighted by Crippen LogP contribution is -2.66. The van der Waals surface area contributed by atoms with Gasteiger partial charge in [0, 0.05) is 6.42 Å². The summed E-state index contributed by atoms with van der Waals surface area (Å²) in [7, 11) is 0. The first kappa shape index (κ1) is 84.1. The lowest BCUT2D eigenvalue weighted by molar-refractivity contribution is -0.379. The Morgan fingerprint density at radius 1 is 0.389 bits per heavy atom. The second-order valence-corrected chi connectivity index (χ2v) is 23.5. The molecule has 0 aromatic rings. The van der Waals surface area contributed by atoms with Crippen molar-refractivity contribution >= 4 is 5.91 Å². The van der Waals surface area contributed by atoms with Crippen molar-refractivity contribution in [3.8, 4) is 0 Å². The Kier molecular flexibility index (Phi) is 48.6. The monoisotopic (exact) mass is 1330 g/mol. The number of rotatable bonds is 49. The Morgan fingerprint density at radius 2 is 0.726 bits per heavy atom. The number of hydrogen-bond acceptors (Lipinski definition) is 18. The van der Waals surface area contributed by atoms with Crippen LogP contribution in [0.4, 0.5) is 0 Å². The molecule has 0 aliphatic carbocycles. The topological polar surface area (TPSA) is 307 Å². The number of allylic oxidation sites excluding steroid dienone is 29. The molecule has 3 fully saturated rings. The van der Waals surface area contributed by atoms with Gasteiger partial charge >= 0.3 is 0 Å². The van der Waals surface area contributed by atoms with E-state index in [4.69, 9.17) is 28.4 Å². The number of hydrogen-bond donors (Lipinski definition) is 12. The van der Waals surface area contributed by atoms with Crippen LogP contribution in [0.2, 0.25) is 0 Å². The molecule has 3 aliphatic heterocycles. The number of ether oxygens (including phenoxy) is 6. The zero-order valence-electron chi connectivity index (χ0n) is 56.3. The molecular formula is C76H117NO18. The molecule has 0 spiro atoms. The van der Waals surface area contributed by atoms with Crippen LogP contribution in [0.1, 0.15) is 155 Å². The van der Waals surface area contributed by atoms with E-state index in [0.29, 0.717) is 12.8 Å². The van der Waals surface area contributed by atoms with E-state index in [0.717, 1.165) is 122 Å². The summed E-state index contributed by atoms with van der Waals surface area (Å²) in [5.41, 5.74) is 0. The van der Waals surface area contributed by atoms with E-state index in [1.54, 1.807) is 12.2 Å². The van der Waals surface area contributed by atoms with Crippen LogP contribution in [0.5, 0.6) is 0 Å². The van der Waals surface area contributed by atoms with Crippen LogP contribution in [-0.4, -0.2) is 193 Å². The third kappa shape index (κ3) is 36.3. The maximum atomic E-state index is 13.3. The zero-order valence-corrected chi connectivity index (χ0v) is 56.3. The number of aliphatic hydroxyl groups excluding tert-OH is 11. The second kappa shape index (κ2) is 54.8. The molecule has 19 heteroatoms. The van der Waals surface area contributed by atoms with Crippen molar-refractivity contribution in [2.75, 3.05) is 26.4 Å². The summed E-state index contributed by atoms with van der Waals surface area (Å²) in [5, 5.41) is 120. The molecule has 3 heterocycles. The molecule has 17 atom stereocenters. The normalized spacial score (nSPS) is 28.4. The molecule has 3 rings (SSSR count). The molecule has 0 saturated carbocycles. The van der Waals surface area contributed by atoms with E-state index in [9.17, 15) is 61.0 Å². The first-order valence-corrected chi connectivity index (χ1v) is 34.5. The van der Waals surface area contributed by atoms with Crippen LogP contribution in [0.3, 0.4) is 0 Å². The van der Waals surface area contributed by atoms with Gasteiger partial charge in [0.05, 0.1) is 38.6 Å². The third-order valence-corrected chi connectivity index (χ3v) is 15.6. The van der Waals surface area contributed by atoms with E-state index in [-0.39, 0.29) is 12.3 Å². The average molecular weight is 1330 g/mol. The average Bonchev–Trinajstić information content (AvgIpc) is 0.787. The summed E-state index contributed by atoms with van der Waals surface area (Å²) >= 11 is 0. The SMILES string of the molecule is CC/C=C\C/C=C\C/C=C\C/C=C\C/C=C\C/C=C\C/C=C\C/C=C\C/C=C\C/C=C\C/C=C\C/C=C\CCCCC(=O)NC(COC1OC(CO)C(OC2OC(CO)C(OC3OC(CO)C(O)C(O)C3O)C(O)C2O)C(O)C1O)C(O)/C=C/CC/C=C/CC/C=C/CCC. The first-order valence-electron chi connectivity index (χ1n) is 34.5. The Morgan fingerprint density at radius 3 is 1.13 bits per heavy atom. The van der Waals surface area contributed by atoms with Gasteiger partial charge in [-0.15, -0.1) is 0 Å². The molecule has 3 aliphatic rings. The number of carbonyl (C=O) groups excluding carboxylic acids is 1. The van der Waals surface area contributed by atoms with E-state index in [2.05, 4.69) is 189 Å². The Hall–Kier alpha value is -5.11. The summed E-state index contributed by atoms with van der Waals surface area (Å²) in [6.45, 7) is 1.42. The highest BCUT2D eigenvalue weighted by Gasteiger charge is 2.53. The number of unbranched alkanes of at least 4 members (excludes halogenated alkanes) is 5. The van der Waals surface area contributed by atoms with Crippen LogP contribution in [0.25, 0.3) is 0 Å². The van der Waals surface area contributed by atoms with Crippen LogP contribution < -0.4 is 5.32 Å². The molecule has 0 aromatic heterocycles. The van der Waals surface area contributed by atoms with Gasteiger partial charge in [-0.2, -0.15) is 0 Å². The van der Waals surface area contributed by atoms with E-state index in [1.807, 2.05) is 0 Å². The molecule has 19 nitrogen and oxygen atoms in total. The molecular weight excluding hydrogens is 1210 g/mol. The molecule has 3 saturated heterocycles. The highest BCUT2D eigenvalue weighted by atomic mass is 16.8. The van der Waals surface area contributed by atoms with Gasteiger partial charge in [-0.3, -0.25) is 4.79 Å². The molecule has 534 valence electrons. The predicted molar refractivity (Wildman–Crippen MR) is 373 cm³/mol. The van der Waals surface area contributed by atoms with E-state index >= 15 is 0 Å². The Labute approximate surface area is 566 Å². The summed E-state index contributed by atoms with van der Waals surface area (Å²) in [4.78, 5) is 13.3. The standard InChI is InChI=1S/C76H117NO18/c1-3-5-7-9-11-13-15-16-17-18-19-20-21-22-23-24-25-26-27-28-29-30-31-32-33-34-35-36-37-38-39-40-41-42-44-46-48-50-52-54-64(82)77-59(60(81)53-51-49-47-45-43-14-12-10-8-6-4-2)58-90-74-70(88)67(85)72(62(56-79)92-74)95-76-71(89)68(86)73(63(57-80)93-76)94-75-69(87)66(84)65(83)61(55-78)91-75/h5,7-8,10-11,13,16-17,19-20,22-23,25-26,28-29,31-32,34-35,37-38,40-41,43-46,51,53,59-63,65-76,78-81,83-89H,3-4,6,9,12,14-15,18,21,24,27,30,33,36,39,42,47-50,52,54-58H2,1-2H3,(H,77,82)/b7-5-,10-8+,13-11-,17-16-,20-19-,23-22-,26-25-,29-28-,32-31-,35-34-,38-37-,41-40-,45-43+,46-44-,53-51+. The maximum Gasteiger partial charge on any atom is 0.220 e. The minimum Gasteiger partial charge on any atom is -0.394 e. The van der Waals surface area contributed by atoms with Crippen molar-refractivity contribution in [1.29, 1.82) is 0 Å². The molecule has 1 amide bonds. The zero-order chi connectivity index (χ0) is 68.9. The van der Waals surface area contributed by atoms with Crippen LogP contribution in [-0.2, 0) is 33.2 Å². The van der Waals surface area contributed by atoms with Crippen molar-refractivity contribution in [3.63, 3.8) is 0 Å². The predicted octanol–water partition coefficient (Wildman–Crippen LogP) is 9.26. The number of carbonyl (C=O) groups is 1. The molecule has 12 N–H and O–H groups in total. The summed E-state index contributed by atoms with van der Waals surface area (Å²) in [5.74, 6) is -0.344. The molecule has 0 radical (unpaired) electrons. The van der Waals surface area contributed by atoms with Gasteiger partial charge in [0.1, 0.15) is 73.2 Å². The molecule has 0 aromatic carbocycles. The fourth-order valence-corrected chi connectivity index (χ4v) is 10.1. The van der Waals surface area contributed by atoms with E-state index in [1.165, 1.54) is 0 Å². The van der Waals surface area contributed by atoms with Gasteiger partial charge in [0.15, 0.2) is 18.9 Å². The fourth-order valence-electron chi connectivity index (χ4n) is 10.1. The van der Waals surface area contributed by atoms with Crippen LogP contribution in [0, 0.1) is 0 Å². The van der Waals surface area contributed by atoms with E-state index < -0.39 is 131 Å². The second-order valence-electron chi connectivity index (χ2n) is 23.5. The maximum absolute atomic E-state index is 13.3. The molecule has 95 heavy (non-hydrogen) atoms. The lowest BCUT2D eigenvalue weighted by Gasteiger charge is -2.48. The number of nitrogens with one attached hydrogen (secondary N) is 1. The number of amides is 1. The minimum absolute atomic E-state index is 0.163. The summed E-state index contributed by atoms with van der Waals surface area (Å²) < 4.78 is 34.2. The third-order valence-electron chi connectivity index (χ3n) is 15.6. The Balaban J connectivity index is 1.37. The smallest absolute Gasteiger partial charge is 0.220 e. The summed E-state index contributed by atoms with van der Waals surface area (Å²) in [6, 6.07) is -1.03. The van der Waals surface area contributed by atoms with Gasteiger partial charge in [0.25, 0.3) is 0 Å². The highest BCUT2D eigenvalue weighted by Crippen LogP contribution is 2.33. The van der Waals surface area contributed by atoms with Crippen molar-refractivity contribution in [1.82, 2.24) is 5.32 Å². The minimum atomic E-state index is -2.00. The fraction of sp³-hybridized carbons (Fsp3) is 0.592. The molecule has 17 unspecified atom stereocenters. The summed E-state index contributed by atoms with van der Waals surface area (Å²) in [6.07, 6.45) is 56.2. The Bertz CT molecular complexity index is 2440.